The van der Waals surface area contributed by atoms with Crippen molar-refractivity contribution in [2.75, 3.05) is 24.5 Å². The van der Waals surface area contributed by atoms with Crippen LogP contribution < -0.4 is 15.5 Å². The van der Waals surface area contributed by atoms with Crippen molar-refractivity contribution >= 4 is 41.5 Å². The molecule has 2 aliphatic rings. The van der Waals surface area contributed by atoms with Gasteiger partial charge < -0.3 is 15.5 Å². The SMILES string of the molecule is Cl.O=C(NCC1NCCc2ccccc21)C1CCN(c2ccc(Cl)cc2)C1=O. The van der Waals surface area contributed by atoms with Gasteiger partial charge in [-0.15, -0.1) is 12.4 Å². The summed E-state index contributed by atoms with van der Waals surface area (Å²) in [4.78, 5) is 27.0. The second-order valence-electron chi connectivity index (χ2n) is 7.01. The van der Waals surface area contributed by atoms with Gasteiger partial charge in [-0.25, -0.2) is 0 Å². The molecule has 28 heavy (non-hydrogen) atoms. The van der Waals surface area contributed by atoms with Crippen LogP contribution in [0.25, 0.3) is 0 Å². The highest BCUT2D eigenvalue weighted by molar-refractivity contribution is 6.30. The maximum Gasteiger partial charge on any atom is 0.239 e. The summed E-state index contributed by atoms with van der Waals surface area (Å²) in [6.45, 7) is 1.92. The minimum absolute atomic E-state index is 0. The Bertz CT molecular complexity index is 857. The van der Waals surface area contributed by atoms with Gasteiger partial charge in [-0.2, -0.15) is 0 Å². The third-order valence-corrected chi connectivity index (χ3v) is 5.61. The van der Waals surface area contributed by atoms with Gasteiger partial charge in [-0.05, 0) is 54.8 Å². The predicted octanol–water partition coefficient (Wildman–Crippen LogP) is 3.12. The molecule has 4 rings (SSSR count). The van der Waals surface area contributed by atoms with Crippen molar-refractivity contribution in [3.63, 3.8) is 0 Å². The van der Waals surface area contributed by atoms with Crippen molar-refractivity contribution in [3.05, 3.63) is 64.7 Å². The number of benzene rings is 2. The number of fused-ring (bicyclic) bond motifs is 1. The number of anilines is 1. The molecule has 0 spiro atoms. The smallest absolute Gasteiger partial charge is 0.239 e. The van der Waals surface area contributed by atoms with Crippen LogP contribution in [0.2, 0.25) is 5.02 Å². The Morgan fingerprint density at radius 2 is 1.93 bits per heavy atom. The fourth-order valence-electron chi connectivity index (χ4n) is 3.90. The Morgan fingerprint density at radius 1 is 1.18 bits per heavy atom. The van der Waals surface area contributed by atoms with Crippen LogP contribution in [-0.4, -0.2) is 31.4 Å². The molecule has 2 aromatic rings. The zero-order valence-corrected chi connectivity index (χ0v) is 16.9. The quantitative estimate of drug-likeness (QED) is 0.748. The normalized spacial score (nSPS) is 21.0. The molecule has 2 amide bonds. The third-order valence-electron chi connectivity index (χ3n) is 5.36. The van der Waals surface area contributed by atoms with Crippen LogP contribution in [0.15, 0.2) is 48.5 Å². The molecule has 2 heterocycles. The Morgan fingerprint density at radius 3 is 2.71 bits per heavy atom. The van der Waals surface area contributed by atoms with Crippen LogP contribution in [0.3, 0.4) is 0 Å². The van der Waals surface area contributed by atoms with Crippen molar-refractivity contribution in [2.45, 2.75) is 18.9 Å². The molecule has 148 valence electrons. The molecule has 2 aromatic carbocycles. The lowest BCUT2D eigenvalue weighted by Crippen LogP contribution is -2.42. The Balaban J connectivity index is 0.00000225. The molecule has 0 aliphatic carbocycles. The standard InChI is InChI=1S/C21H22ClN3O2.ClH/c22-15-5-7-16(8-6-15)25-12-10-18(21(25)27)20(26)24-13-19-17-4-2-1-3-14(17)9-11-23-19;/h1-8,18-19,23H,9-13H2,(H,24,26);1H. The zero-order chi connectivity index (χ0) is 18.8. The fourth-order valence-corrected chi connectivity index (χ4v) is 4.03. The molecular weight excluding hydrogens is 397 g/mol. The second-order valence-corrected chi connectivity index (χ2v) is 7.44. The number of rotatable bonds is 4. The molecule has 0 saturated carbocycles. The summed E-state index contributed by atoms with van der Waals surface area (Å²) < 4.78 is 0. The highest BCUT2D eigenvalue weighted by atomic mass is 35.5. The number of halogens is 2. The number of amides is 2. The topological polar surface area (TPSA) is 61.4 Å². The summed E-state index contributed by atoms with van der Waals surface area (Å²) in [7, 11) is 0. The van der Waals surface area contributed by atoms with E-state index in [0.717, 1.165) is 18.7 Å². The third kappa shape index (κ3) is 4.17. The summed E-state index contributed by atoms with van der Waals surface area (Å²) in [6.07, 6.45) is 1.53. The van der Waals surface area contributed by atoms with Gasteiger partial charge in [0, 0.05) is 29.8 Å². The lowest BCUT2D eigenvalue weighted by Gasteiger charge is -2.27. The number of carbonyl (C=O) groups is 2. The van der Waals surface area contributed by atoms with E-state index in [0.29, 0.717) is 24.5 Å². The van der Waals surface area contributed by atoms with Crippen molar-refractivity contribution in [2.24, 2.45) is 5.92 Å². The monoisotopic (exact) mass is 419 g/mol. The highest BCUT2D eigenvalue weighted by Crippen LogP contribution is 2.27. The number of carbonyl (C=O) groups excluding carboxylic acids is 2. The molecule has 2 N–H and O–H groups in total. The van der Waals surface area contributed by atoms with Crippen LogP contribution in [0.5, 0.6) is 0 Å². The minimum atomic E-state index is -0.625. The molecule has 0 aromatic heterocycles. The molecule has 0 bridgehead atoms. The number of nitrogens with one attached hydrogen (secondary N) is 2. The van der Waals surface area contributed by atoms with Gasteiger partial charge in [-0.3, -0.25) is 9.59 Å². The first-order valence-corrected chi connectivity index (χ1v) is 9.67. The number of hydrogen-bond acceptors (Lipinski definition) is 3. The lowest BCUT2D eigenvalue weighted by molar-refractivity contribution is -0.132. The summed E-state index contributed by atoms with van der Waals surface area (Å²) in [5.74, 6) is -0.965. The van der Waals surface area contributed by atoms with Gasteiger partial charge in [0.1, 0.15) is 5.92 Å². The van der Waals surface area contributed by atoms with Crippen molar-refractivity contribution in [3.8, 4) is 0 Å². The number of hydrogen-bond donors (Lipinski definition) is 2. The molecular formula is C21H23Cl2N3O2. The first kappa shape index (κ1) is 20.6. The van der Waals surface area contributed by atoms with Crippen LogP contribution in [0, 0.1) is 5.92 Å². The van der Waals surface area contributed by atoms with Crippen molar-refractivity contribution in [1.82, 2.24) is 10.6 Å². The molecule has 2 atom stereocenters. The van der Waals surface area contributed by atoms with E-state index in [1.165, 1.54) is 11.1 Å². The molecule has 1 fully saturated rings. The van der Waals surface area contributed by atoms with Gasteiger partial charge in [0.2, 0.25) is 11.8 Å². The van der Waals surface area contributed by atoms with Gasteiger partial charge >= 0.3 is 0 Å². The molecule has 1 saturated heterocycles. The van der Waals surface area contributed by atoms with E-state index >= 15 is 0 Å². The Kier molecular flexibility index (Phi) is 6.60. The highest BCUT2D eigenvalue weighted by Gasteiger charge is 2.37. The van der Waals surface area contributed by atoms with Crippen LogP contribution >= 0.6 is 24.0 Å². The molecule has 5 nitrogen and oxygen atoms in total. The van der Waals surface area contributed by atoms with Gasteiger partial charge in [0.05, 0.1) is 0 Å². The van der Waals surface area contributed by atoms with Crippen LogP contribution in [0.4, 0.5) is 5.69 Å². The van der Waals surface area contributed by atoms with Crippen molar-refractivity contribution in [1.29, 1.82) is 0 Å². The Hall–Kier alpha value is -2.08. The van der Waals surface area contributed by atoms with Crippen molar-refractivity contribution < 1.29 is 9.59 Å². The van der Waals surface area contributed by atoms with E-state index in [-0.39, 0.29) is 30.3 Å². The van der Waals surface area contributed by atoms with Crippen LogP contribution in [0.1, 0.15) is 23.6 Å². The maximum absolute atomic E-state index is 12.7. The minimum Gasteiger partial charge on any atom is -0.353 e. The largest absolute Gasteiger partial charge is 0.353 e. The summed E-state index contributed by atoms with van der Waals surface area (Å²) >= 11 is 5.91. The van der Waals surface area contributed by atoms with E-state index in [1.54, 1.807) is 17.0 Å². The molecule has 2 unspecified atom stereocenters. The summed E-state index contributed by atoms with van der Waals surface area (Å²) in [5.41, 5.74) is 3.33. The lowest BCUT2D eigenvalue weighted by atomic mass is 9.94. The van der Waals surface area contributed by atoms with Gasteiger partial charge in [0.25, 0.3) is 0 Å². The van der Waals surface area contributed by atoms with E-state index < -0.39 is 5.92 Å². The number of nitrogens with zero attached hydrogens (tertiary/aromatic N) is 1. The summed E-state index contributed by atoms with van der Waals surface area (Å²) in [6, 6.07) is 15.5. The second kappa shape index (κ2) is 8.95. The van der Waals surface area contributed by atoms with E-state index in [1.807, 2.05) is 24.3 Å². The summed E-state index contributed by atoms with van der Waals surface area (Å²) in [5, 5.41) is 7.05. The predicted molar refractivity (Wildman–Crippen MR) is 113 cm³/mol. The van der Waals surface area contributed by atoms with Crippen LogP contribution in [-0.2, 0) is 16.0 Å². The molecule has 2 aliphatic heterocycles. The first-order valence-electron chi connectivity index (χ1n) is 9.29. The maximum atomic E-state index is 12.7. The molecule has 0 radical (unpaired) electrons. The Labute approximate surface area is 175 Å². The molecule has 7 heteroatoms. The van der Waals surface area contributed by atoms with E-state index in [2.05, 4.69) is 22.8 Å². The van der Waals surface area contributed by atoms with Gasteiger partial charge in [-0.1, -0.05) is 35.9 Å². The average Bonchev–Trinajstić information content (AvgIpc) is 3.08. The van der Waals surface area contributed by atoms with E-state index in [4.69, 9.17) is 11.6 Å². The average molecular weight is 420 g/mol. The van der Waals surface area contributed by atoms with E-state index in [9.17, 15) is 9.59 Å². The fraction of sp³-hybridized carbons (Fsp3) is 0.333. The first-order chi connectivity index (χ1) is 13.1. The zero-order valence-electron chi connectivity index (χ0n) is 15.4. The van der Waals surface area contributed by atoms with Gasteiger partial charge in [0.15, 0.2) is 0 Å².